The Morgan fingerprint density at radius 1 is 1.64 bits per heavy atom. The Balaban J connectivity index is 2.45. The zero-order valence-electron chi connectivity index (χ0n) is 7.38. The molecule has 11 heavy (non-hydrogen) atoms. The molecule has 0 saturated carbocycles. The first kappa shape index (κ1) is 8.55. The van der Waals surface area contributed by atoms with Crippen LogP contribution in [0.3, 0.4) is 0 Å². The van der Waals surface area contributed by atoms with Crippen LogP contribution in [0.1, 0.15) is 26.7 Å². The molecule has 1 aliphatic rings. The maximum Gasteiger partial charge on any atom is 0.270 e. The van der Waals surface area contributed by atoms with Crippen LogP contribution in [-0.4, -0.2) is 24.2 Å². The number of nitrogens with zero attached hydrogens (tertiary/aromatic N) is 2. The minimum atomic E-state index is 0.600. The molecule has 1 atom stereocenters. The van der Waals surface area contributed by atoms with Crippen LogP contribution < -0.4 is 0 Å². The number of hydrogen-bond acceptors (Lipinski definition) is 1. The van der Waals surface area contributed by atoms with Crippen LogP contribution in [0.4, 0.5) is 0 Å². The lowest BCUT2D eigenvalue weighted by Crippen LogP contribution is -2.32. The van der Waals surface area contributed by atoms with Crippen molar-refractivity contribution in [2.45, 2.75) is 32.7 Å². The summed E-state index contributed by atoms with van der Waals surface area (Å²) >= 11 is 0. The van der Waals surface area contributed by atoms with Crippen molar-refractivity contribution < 1.29 is 0 Å². The van der Waals surface area contributed by atoms with Gasteiger partial charge in [0.25, 0.3) is 6.67 Å². The van der Waals surface area contributed by atoms with E-state index in [9.17, 15) is 0 Å². The van der Waals surface area contributed by atoms with Crippen LogP contribution in [0.2, 0.25) is 0 Å². The predicted molar refractivity (Wildman–Crippen MR) is 46.0 cm³/mol. The highest BCUT2D eigenvalue weighted by atomic mass is 15.2. The zero-order valence-corrected chi connectivity index (χ0v) is 7.38. The fourth-order valence-electron chi connectivity index (χ4n) is 1.87. The molecule has 0 bridgehead atoms. The van der Waals surface area contributed by atoms with Crippen LogP contribution >= 0.6 is 0 Å². The van der Waals surface area contributed by atoms with Gasteiger partial charge in [0, 0.05) is 12.6 Å². The molecule has 0 N–H and O–H groups in total. The Morgan fingerprint density at radius 2 is 2.36 bits per heavy atom. The van der Waals surface area contributed by atoms with Crippen molar-refractivity contribution in [1.82, 2.24) is 4.90 Å². The second kappa shape index (κ2) is 3.73. The van der Waals surface area contributed by atoms with Gasteiger partial charge in [-0.25, -0.2) is 11.5 Å². The molecule has 0 aromatic rings. The molecular formula is C9H16N2. The van der Waals surface area contributed by atoms with Gasteiger partial charge >= 0.3 is 0 Å². The molecule has 62 valence electrons. The Kier molecular flexibility index (Phi) is 2.90. The quantitative estimate of drug-likeness (QED) is 0.549. The number of hydrogen-bond donors (Lipinski definition) is 0. The summed E-state index contributed by atoms with van der Waals surface area (Å²) in [6, 6.07) is 0.670. The van der Waals surface area contributed by atoms with Gasteiger partial charge in [0.15, 0.2) is 0 Å². The van der Waals surface area contributed by atoms with Gasteiger partial charge in [-0.1, -0.05) is 13.8 Å². The molecule has 1 fully saturated rings. The van der Waals surface area contributed by atoms with E-state index >= 15 is 0 Å². The maximum atomic E-state index is 6.78. The monoisotopic (exact) mass is 152 g/mol. The van der Waals surface area contributed by atoms with Gasteiger partial charge in [0.05, 0.1) is 0 Å². The Bertz CT molecular complexity index is 157. The first-order valence-corrected chi connectivity index (χ1v) is 4.33. The van der Waals surface area contributed by atoms with E-state index < -0.39 is 0 Å². The van der Waals surface area contributed by atoms with E-state index in [0.29, 0.717) is 18.6 Å². The lowest BCUT2D eigenvalue weighted by Gasteiger charge is -2.22. The fourth-order valence-corrected chi connectivity index (χ4v) is 1.87. The van der Waals surface area contributed by atoms with E-state index in [2.05, 4.69) is 23.6 Å². The normalized spacial score (nSPS) is 25.8. The molecule has 1 rings (SSSR count). The lowest BCUT2D eigenvalue weighted by atomic mass is 10.0. The van der Waals surface area contributed by atoms with Crippen molar-refractivity contribution in [2.24, 2.45) is 5.92 Å². The van der Waals surface area contributed by atoms with Gasteiger partial charge in [-0.2, -0.15) is 0 Å². The summed E-state index contributed by atoms with van der Waals surface area (Å²) < 4.78 is 0. The van der Waals surface area contributed by atoms with E-state index in [1.807, 2.05) is 0 Å². The second-order valence-electron chi connectivity index (χ2n) is 3.57. The number of rotatable bonds is 2. The van der Waals surface area contributed by atoms with Crippen molar-refractivity contribution >= 4 is 0 Å². The smallest absolute Gasteiger partial charge is 0.270 e. The molecule has 0 spiro atoms. The topological polar surface area (TPSA) is 7.60 Å². The van der Waals surface area contributed by atoms with E-state index in [0.717, 1.165) is 6.54 Å². The summed E-state index contributed by atoms with van der Waals surface area (Å²) in [6.07, 6.45) is 2.56. The van der Waals surface area contributed by atoms with Crippen LogP contribution in [0, 0.1) is 12.5 Å². The average Bonchev–Trinajstić information content (AvgIpc) is 2.36. The van der Waals surface area contributed by atoms with Gasteiger partial charge in [0.1, 0.15) is 0 Å². The molecule has 0 aromatic heterocycles. The van der Waals surface area contributed by atoms with E-state index in [1.54, 1.807) is 0 Å². The molecule has 1 heterocycles. The van der Waals surface area contributed by atoms with Gasteiger partial charge in [0.2, 0.25) is 0 Å². The lowest BCUT2D eigenvalue weighted by molar-refractivity contribution is 0.226. The van der Waals surface area contributed by atoms with Crippen molar-refractivity contribution in [3.63, 3.8) is 0 Å². The van der Waals surface area contributed by atoms with Crippen LogP contribution in [-0.2, 0) is 0 Å². The summed E-state index contributed by atoms with van der Waals surface area (Å²) in [6.45, 7) is 13.0. The summed E-state index contributed by atoms with van der Waals surface area (Å²) in [4.78, 5) is 5.73. The molecule has 0 aromatic carbocycles. The molecule has 0 aliphatic carbocycles. The van der Waals surface area contributed by atoms with Gasteiger partial charge in [-0.3, -0.25) is 4.85 Å². The molecule has 1 saturated heterocycles. The molecule has 1 unspecified atom stereocenters. The second-order valence-corrected chi connectivity index (χ2v) is 3.57. The fraction of sp³-hybridized carbons (Fsp3) is 0.889. The van der Waals surface area contributed by atoms with Crippen molar-refractivity contribution in [3.8, 4) is 0 Å². The molecule has 1 aliphatic heterocycles. The molecule has 0 radical (unpaired) electrons. The summed E-state index contributed by atoms with van der Waals surface area (Å²) in [5.41, 5.74) is 0. The minimum absolute atomic E-state index is 0.600. The standard InChI is InChI=1S/C9H16N2/c1-8(2)9-5-4-6-11(9)7-10-3/h8-9H,4-7H2,1-2H3. The highest BCUT2D eigenvalue weighted by Crippen LogP contribution is 2.22. The van der Waals surface area contributed by atoms with Gasteiger partial charge in [-0.15, -0.1) is 0 Å². The zero-order chi connectivity index (χ0) is 8.27. The van der Waals surface area contributed by atoms with Crippen LogP contribution in [0.5, 0.6) is 0 Å². The molecule has 2 nitrogen and oxygen atoms in total. The third kappa shape index (κ3) is 1.94. The summed E-state index contributed by atoms with van der Waals surface area (Å²) in [7, 11) is 0. The van der Waals surface area contributed by atoms with E-state index in [-0.39, 0.29) is 0 Å². The van der Waals surface area contributed by atoms with Crippen LogP contribution in [0.15, 0.2) is 0 Å². The van der Waals surface area contributed by atoms with Crippen LogP contribution in [0.25, 0.3) is 4.85 Å². The molecular weight excluding hydrogens is 136 g/mol. The SMILES string of the molecule is [C-]#[N+]CN1CCCC1C(C)C. The predicted octanol–water partition coefficient (Wildman–Crippen LogP) is 1.98. The van der Waals surface area contributed by atoms with E-state index in [1.165, 1.54) is 12.8 Å². The van der Waals surface area contributed by atoms with Crippen molar-refractivity contribution in [3.05, 3.63) is 11.4 Å². The minimum Gasteiger partial charge on any atom is -0.299 e. The van der Waals surface area contributed by atoms with Crippen molar-refractivity contribution in [2.75, 3.05) is 13.2 Å². The molecule has 2 heteroatoms. The maximum absolute atomic E-state index is 6.78. The highest BCUT2D eigenvalue weighted by molar-refractivity contribution is 4.82. The molecule has 0 amide bonds. The van der Waals surface area contributed by atoms with Crippen molar-refractivity contribution in [1.29, 1.82) is 0 Å². The summed E-state index contributed by atoms with van der Waals surface area (Å²) in [5, 5.41) is 0. The third-order valence-corrected chi connectivity index (χ3v) is 2.44. The Hall–Kier alpha value is -0.550. The largest absolute Gasteiger partial charge is 0.299 e. The van der Waals surface area contributed by atoms with Gasteiger partial charge in [-0.05, 0) is 18.8 Å². The number of likely N-dealkylation sites (tertiary alicyclic amines) is 1. The van der Waals surface area contributed by atoms with Gasteiger partial charge < -0.3 is 0 Å². The van der Waals surface area contributed by atoms with E-state index in [4.69, 9.17) is 6.57 Å². The highest BCUT2D eigenvalue weighted by Gasteiger charge is 2.27. The first-order chi connectivity index (χ1) is 5.25. The Labute approximate surface area is 69.0 Å². The third-order valence-electron chi connectivity index (χ3n) is 2.44. The first-order valence-electron chi connectivity index (χ1n) is 4.33. The Morgan fingerprint density at radius 3 is 2.91 bits per heavy atom. The average molecular weight is 152 g/mol. The summed E-state index contributed by atoms with van der Waals surface area (Å²) in [5.74, 6) is 0.708.